The number of halogens is 6. The third-order valence-electron chi connectivity index (χ3n) is 5.19. The third kappa shape index (κ3) is 4.89. The Hall–Kier alpha value is -1.73. The van der Waals surface area contributed by atoms with E-state index in [4.69, 9.17) is 0 Å². The molecule has 1 aromatic carbocycles. The molecule has 0 fully saturated rings. The van der Waals surface area contributed by atoms with E-state index in [1.807, 2.05) is 48.5 Å². The molecule has 0 aromatic heterocycles. The summed E-state index contributed by atoms with van der Waals surface area (Å²) in [5, 5.41) is 0. The highest BCUT2D eigenvalue weighted by atomic mass is 19.4. The molecule has 1 aliphatic rings. The Morgan fingerprint density at radius 1 is 0.862 bits per heavy atom. The van der Waals surface area contributed by atoms with E-state index in [-0.39, 0.29) is 35.2 Å². The molecular formula is C21H29F6N2+. The lowest BCUT2D eigenvalue weighted by Gasteiger charge is -2.28. The number of rotatable bonds is 3. The van der Waals surface area contributed by atoms with E-state index in [1.54, 1.807) is 4.90 Å². The van der Waals surface area contributed by atoms with E-state index < -0.39 is 23.5 Å². The second-order valence-corrected chi connectivity index (χ2v) is 9.27. The van der Waals surface area contributed by atoms with E-state index in [2.05, 4.69) is 4.58 Å². The molecule has 2 rings (SSSR count). The molecule has 0 aliphatic carbocycles. The number of hydrogen-bond acceptors (Lipinski definition) is 1. The Morgan fingerprint density at radius 3 is 1.62 bits per heavy atom. The highest BCUT2D eigenvalue weighted by Gasteiger charge is 2.48. The highest BCUT2D eigenvalue weighted by molar-refractivity contribution is 5.97. The predicted octanol–water partition coefficient (Wildman–Crippen LogP) is 6.43. The molecule has 1 aromatic rings. The summed E-state index contributed by atoms with van der Waals surface area (Å²) in [4.78, 5) is 1.63. The van der Waals surface area contributed by atoms with Gasteiger partial charge in [-0.25, -0.2) is 4.90 Å². The van der Waals surface area contributed by atoms with E-state index in [9.17, 15) is 26.3 Å². The first-order valence-electron chi connectivity index (χ1n) is 9.66. The summed E-state index contributed by atoms with van der Waals surface area (Å²) in [5.74, 6) is 0.668. The van der Waals surface area contributed by atoms with Gasteiger partial charge in [0.25, 0.3) is 5.84 Å². The molecular weight excluding hydrogens is 394 g/mol. The van der Waals surface area contributed by atoms with Crippen LogP contribution in [0.1, 0.15) is 59.6 Å². The zero-order valence-corrected chi connectivity index (χ0v) is 17.8. The van der Waals surface area contributed by atoms with Gasteiger partial charge in [-0.15, -0.1) is 0 Å². The Kier molecular flexibility index (Phi) is 6.10. The molecule has 0 spiro atoms. The standard InChI is InChI=1S/C21H29F6N2/c1-12(2)18-28(11-17(19(5,6)7)29(18)13(3)4)16-9-14(20(22,23)24)8-15(10-16)21(25,26)27/h8-10,12-13,17H,11H2,1-7H3/q+1/t17-/m0/s1. The van der Waals surface area contributed by atoms with Crippen molar-refractivity contribution in [1.29, 1.82) is 0 Å². The summed E-state index contributed by atoms with van der Waals surface area (Å²) in [6.07, 6.45) is -9.73. The van der Waals surface area contributed by atoms with Crippen LogP contribution in [0.25, 0.3) is 0 Å². The van der Waals surface area contributed by atoms with Crippen molar-refractivity contribution < 1.29 is 30.9 Å². The fraction of sp³-hybridized carbons (Fsp3) is 0.667. The zero-order chi connectivity index (χ0) is 22.5. The Balaban J connectivity index is 2.75. The van der Waals surface area contributed by atoms with E-state index >= 15 is 0 Å². The van der Waals surface area contributed by atoms with Crippen LogP contribution in [0.5, 0.6) is 0 Å². The quantitative estimate of drug-likeness (QED) is 0.401. The Labute approximate surface area is 168 Å². The molecule has 1 aliphatic heterocycles. The molecule has 8 heteroatoms. The van der Waals surface area contributed by atoms with Crippen LogP contribution in [0.3, 0.4) is 0 Å². The van der Waals surface area contributed by atoms with Crippen molar-refractivity contribution in [3.8, 4) is 0 Å². The van der Waals surface area contributed by atoms with Gasteiger partial charge in [0.15, 0.2) is 0 Å². The van der Waals surface area contributed by atoms with Gasteiger partial charge < -0.3 is 0 Å². The van der Waals surface area contributed by atoms with Crippen molar-refractivity contribution in [3.05, 3.63) is 29.3 Å². The molecule has 29 heavy (non-hydrogen) atoms. The van der Waals surface area contributed by atoms with Crippen molar-refractivity contribution >= 4 is 11.5 Å². The summed E-state index contributed by atoms with van der Waals surface area (Å²) in [6, 6.07) is 1.82. The van der Waals surface area contributed by atoms with Gasteiger partial charge in [-0.1, -0.05) is 34.6 Å². The number of hydrogen-bond donors (Lipinski definition) is 0. The monoisotopic (exact) mass is 423 g/mol. The van der Waals surface area contributed by atoms with Crippen molar-refractivity contribution in [2.75, 3.05) is 11.4 Å². The summed E-state index contributed by atoms with van der Waals surface area (Å²) < 4.78 is 82.2. The summed E-state index contributed by atoms with van der Waals surface area (Å²) >= 11 is 0. The van der Waals surface area contributed by atoms with Gasteiger partial charge in [-0.2, -0.15) is 26.3 Å². The van der Waals surface area contributed by atoms with Crippen molar-refractivity contribution in [3.63, 3.8) is 0 Å². The summed E-state index contributed by atoms with van der Waals surface area (Å²) in [5.41, 5.74) is -2.87. The average Bonchev–Trinajstić information content (AvgIpc) is 2.94. The lowest BCUT2D eigenvalue weighted by atomic mass is 9.86. The van der Waals surface area contributed by atoms with Gasteiger partial charge in [-0.05, 0) is 32.0 Å². The summed E-state index contributed by atoms with van der Waals surface area (Å²) in [6.45, 7) is 14.2. The molecule has 164 valence electrons. The first kappa shape index (κ1) is 23.5. The third-order valence-corrected chi connectivity index (χ3v) is 5.19. The molecule has 0 bridgehead atoms. The maximum Gasteiger partial charge on any atom is 0.416 e. The van der Waals surface area contributed by atoms with E-state index in [0.29, 0.717) is 6.54 Å². The highest BCUT2D eigenvalue weighted by Crippen LogP contribution is 2.40. The SMILES string of the molecule is CC(C)C1=[N+](C(C)C)[C@H](C(C)(C)C)CN1c1cc(C(F)(F)F)cc(C(F)(F)F)c1. The van der Waals surface area contributed by atoms with Crippen LogP contribution in [0.4, 0.5) is 32.0 Å². The van der Waals surface area contributed by atoms with Crippen LogP contribution < -0.4 is 4.90 Å². The number of benzene rings is 1. The molecule has 0 saturated heterocycles. The molecule has 0 amide bonds. The van der Waals surface area contributed by atoms with E-state index in [0.717, 1.165) is 18.0 Å². The topological polar surface area (TPSA) is 6.25 Å². The second-order valence-electron chi connectivity index (χ2n) is 9.27. The largest absolute Gasteiger partial charge is 0.416 e. The lowest BCUT2D eigenvalue weighted by Crippen LogP contribution is -2.41. The Morgan fingerprint density at radius 2 is 1.31 bits per heavy atom. The van der Waals surface area contributed by atoms with Crippen molar-refractivity contribution in [2.45, 2.75) is 72.9 Å². The number of alkyl halides is 6. The van der Waals surface area contributed by atoms with Crippen molar-refractivity contribution in [2.24, 2.45) is 11.3 Å². The van der Waals surface area contributed by atoms with Gasteiger partial charge >= 0.3 is 12.4 Å². The molecule has 1 heterocycles. The van der Waals surface area contributed by atoms with Crippen LogP contribution in [-0.2, 0) is 12.4 Å². The van der Waals surface area contributed by atoms with Gasteiger partial charge in [-0.3, -0.25) is 4.58 Å². The van der Waals surface area contributed by atoms with Crippen LogP contribution >= 0.6 is 0 Å². The first-order chi connectivity index (χ1) is 12.9. The van der Waals surface area contributed by atoms with Gasteiger partial charge in [0, 0.05) is 5.41 Å². The van der Waals surface area contributed by atoms with Gasteiger partial charge in [0.1, 0.15) is 18.3 Å². The lowest BCUT2D eigenvalue weighted by molar-refractivity contribution is -0.600. The zero-order valence-electron chi connectivity index (χ0n) is 17.8. The first-order valence-corrected chi connectivity index (χ1v) is 9.66. The fourth-order valence-corrected chi connectivity index (χ4v) is 3.91. The van der Waals surface area contributed by atoms with Gasteiger partial charge in [0.2, 0.25) is 0 Å². The summed E-state index contributed by atoms with van der Waals surface area (Å²) in [7, 11) is 0. The average molecular weight is 423 g/mol. The molecule has 1 atom stereocenters. The number of nitrogens with zero attached hydrogens (tertiary/aromatic N) is 2. The van der Waals surface area contributed by atoms with Crippen molar-refractivity contribution in [1.82, 2.24) is 0 Å². The van der Waals surface area contributed by atoms with Crippen LogP contribution in [0, 0.1) is 11.3 Å². The fourth-order valence-electron chi connectivity index (χ4n) is 3.91. The van der Waals surface area contributed by atoms with Crippen LogP contribution in [0.2, 0.25) is 0 Å². The van der Waals surface area contributed by atoms with Gasteiger partial charge in [0.05, 0.1) is 23.1 Å². The molecule has 0 radical (unpaired) electrons. The minimum Gasteiger partial charge on any atom is -0.256 e. The maximum atomic E-state index is 13.3. The van der Waals surface area contributed by atoms with E-state index in [1.165, 1.54) is 0 Å². The predicted molar refractivity (Wildman–Crippen MR) is 102 cm³/mol. The number of anilines is 1. The van der Waals surface area contributed by atoms with Crippen LogP contribution in [-0.4, -0.2) is 29.0 Å². The normalized spacial score (nSPS) is 19.1. The molecule has 2 nitrogen and oxygen atoms in total. The minimum atomic E-state index is -4.87. The molecule has 0 saturated carbocycles. The molecule has 0 N–H and O–H groups in total. The van der Waals surface area contributed by atoms with Crippen LogP contribution in [0.15, 0.2) is 18.2 Å². The molecule has 0 unspecified atom stereocenters. The minimum absolute atomic E-state index is 0.0505. The maximum absolute atomic E-state index is 13.3. The Bertz CT molecular complexity index is 750. The number of amidine groups is 1. The smallest absolute Gasteiger partial charge is 0.256 e. The second kappa shape index (κ2) is 7.51.